The van der Waals surface area contributed by atoms with Gasteiger partial charge in [0.2, 0.25) is 10.0 Å². The molecule has 1 rings (SSSR count). The van der Waals surface area contributed by atoms with Crippen LogP contribution < -0.4 is 4.72 Å². The molecule has 1 heterocycles. The topological polar surface area (TPSA) is 59.1 Å². The van der Waals surface area contributed by atoms with Crippen LogP contribution in [0.5, 0.6) is 0 Å². The molecule has 1 aromatic heterocycles. The quantitative estimate of drug-likeness (QED) is 0.859. The molecular formula is C8H14N2O2S2. The molecule has 1 N–H and O–H groups in total. The van der Waals surface area contributed by atoms with E-state index in [1.54, 1.807) is 6.92 Å². The zero-order valence-corrected chi connectivity index (χ0v) is 10.3. The molecule has 80 valence electrons. The maximum absolute atomic E-state index is 11.5. The van der Waals surface area contributed by atoms with E-state index in [1.807, 2.05) is 13.8 Å². The number of thiazole rings is 1. The van der Waals surface area contributed by atoms with Crippen molar-refractivity contribution in [3.05, 3.63) is 15.6 Å². The van der Waals surface area contributed by atoms with Gasteiger partial charge in [-0.25, -0.2) is 18.1 Å². The summed E-state index contributed by atoms with van der Waals surface area (Å²) in [6.07, 6.45) is 0. The minimum atomic E-state index is -3.27. The maximum atomic E-state index is 11.5. The fourth-order valence-corrected chi connectivity index (χ4v) is 3.11. The van der Waals surface area contributed by atoms with E-state index < -0.39 is 15.3 Å². The third kappa shape index (κ3) is 2.13. The third-order valence-electron chi connectivity index (χ3n) is 2.07. The molecule has 0 bridgehead atoms. The molecule has 1 unspecified atom stereocenters. The lowest BCUT2D eigenvalue weighted by Crippen LogP contribution is -2.24. The molecule has 0 amide bonds. The molecule has 4 nitrogen and oxygen atoms in total. The largest absolute Gasteiger partial charge is 0.245 e. The number of nitrogens with zero attached hydrogens (tertiary/aromatic N) is 1. The van der Waals surface area contributed by atoms with Crippen molar-refractivity contribution in [2.75, 3.05) is 7.05 Å². The second kappa shape index (κ2) is 3.96. The van der Waals surface area contributed by atoms with Gasteiger partial charge < -0.3 is 0 Å². The molecule has 0 saturated heterocycles. The molecular weight excluding hydrogens is 220 g/mol. The van der Waals surface area contributed by atoms with Crippen LogP contribution in [0.3, 0.4) is 0 Å². The predicted molar refractivity (Wildman–Crippen MR) is 58.0 cm³/mol. The summed E-state index contributed by atoms with van der Waals surface area (Å²) in [5.41, 5.74) is 0.654. The average molecular weight is 234 g/mol. The Morgan fingerprint density at radius 3 is 2.36 bits per heavy atom. The van der Waals surface area contributed by atoms with Gasteiger partial charge in [0.1, 0.15) is 5.25 Å². The summed E-state index contributed by atoms with van der Waals surface area (Å²) in [6.45, 7) is 5.41. The van der Waals surface area contributed by atoms with Crippen LogP contribution >= 0.6 is 11.3 Å². The van der Waals surface area contributed by atoms with Gasteiger partial charge >= 0.3 is 0 Å². The predicted octanol–water partition coefficient (Wildman–Crippen LogP) is 1.37. The van der Waals surface area contributed by atoms with E-state index in [0.29, 0.717) is 5.69 Å². The zero-order valence-electron chi connectivity index (χ0n) is 8.66. The molecule has 0 spiro atoms. The molecule has 0 aliphatic rings. The highest BCUT2D eigenvalue weighted by atomic mass is 32.2. The van der Waals surface area contributed by atoms with E-state index in [4.69, 9.17) is 0 Å². The molecule has 14 heavy (non-hydrogen) atoms. The first-order valence-corrected chi connectivity index (χ1v) is 6.61. The number of rotatable bonds is 3. The van der Waals surface area contributed by atoms with Crippen LogP contribution in [-0.2, 0) is 10.0 Å². The van der Waals surface area contributed by atoms with Gasteiger partial charge in [-0.05, 0) is 27.8 Å². The van der Waals surface area contributed by atoms with E-state index >= 15 is 0 Å². The van der Waals surface area contributed by atoms with Crippen LogP contribution in [0.25, 0.3) is 0 Å². The van der Waals surface area contributed by atoms with Crippen molar-refractivity contribution >= 4 is 21.4 Å². The fraction of sp³-hybridized carbons (Fsp3) is 0.625. The molecule has 6 heteroatoms. The Hall–Kier alpha value is -0.460. The molecule has 0 fully saturated rings. The van der Waals surface area contributed by atoms with Crippen molar-refractivity contribution in [1.82, 2.24) is 9.71 Å². The Kier molecular flexibility index (Phi) is 3.28. The second-order valence-electron chi connectivity index (χ2n) is 3.07. The first kappa shape index (κ1) is 11.6. The van der Waals surface area contributed by atoms with Crippen molar-refractivity contribution in [2.45, 2.75) is 26.0 Å². The molecule has 0 aliphatic heterocycles. The monoisotopic (exact) mass is 234 g/mol. The minimum absolute atomic E-state index is 0.586. The van der Waals surface area contributed by atoms with Crippen LogP contribution in [-0.4, -0.2) is 20.4 Å². The first-order valence-electron chi connectivity index (χ1n) is 4.24. The van der Waals surface area contributed by atoms with Gasteiger partial charge in [-0.15, -0.1) is 11.3 Å². The smallest absolute Gasteiger partial charge is 0.219 e. The molecule has 0 aromatic carbocycles. The normalized spacial score (nSPS) is 14.3. The zero-order chi connectivity index (χ0) is 10.9. The molecule has 1 atom stereocenters. The highest BCUT2D eigenvalue weighted by molar-refractivity contribution is 7.89. The Morgan fingerprint density at radius 2 is 2.00 bits per heavy atom. The van der Waals surface area contributed by atoms with E-state index in [-0.39, 0.29) is 0 Å². The number of aromatic nitrogens is 1. The van der Waals surface area contributed by atoms with Gasteiger partial charge in [-0.2, -0.15) is 0 Å². The molecule has 0 saturated carbocycles. The van der Waals surface area contributed by atoms with Crippen molar-refractivity contribution in [3.63, 3.8) is 0 Å². The number of hydrogen-bond donors (Lipinski definition) is 1. The van der Waals surface area contributed by atoms with Gasteiger partial charge in [-0.1, -0.05) is 0 Å². The van der Waals surface area contributed by atoms with E-state index in [1.165, 1.54) is 18.4 Å². The fourth-order valence-electron chi connectivity index (χ4n) is 1.25. The number of sulfonamides is 1. The number of aryl methyl sites for hydroxylation is 2. The standard InChI is InChI=1S/C8H14N2O2S2/c1-5-8(10-7(3)13-5)6(2)14(11,12)9-4/h6,9H,1-4H3. The number of hydrogen-bond acceptors (Lipinski definition) is 4. The van der Waals surface area contributed by atoms with E-state index in [9.17, 15) is 8.42 Å². The van der Waals surface area contributed by atoms with Crippen molar-refractivity contribution in [3.8, 4) is 0 Å². The summed E-state index contributed by atoms with van der Waals surface area (Å²) in [5.74, 6) is 0. The summed E-state index contributed by atoms with van der Waals surface area (Å²) in [5, 5.41) is 0.313. The van der Waals surface area contributed by atoms with Gasteiger partial charge in [-0.3, -0.25) is 0 Å². The van der Waals surface area contributed by atoms with E-state index in [2.05, 4.69) is 9.71 Å². The highest BCUT2D eigenvalue weighted by Gasteiger charge is 2.24. The lowest BCUT2D eigenvalue weighted by molar-refractivity contribution is 0.576. The van der Waals surface area contributed by atoms with Crippen LogP contribution in [0.1, 0.15) is 27.8 Å². The van der Waals surface area contributed by atoms with Crippen LogP contribution in [0, 0.1) is 13.8 Å². The van der Waals surface area contributed by atoms with Crippen LogP contribution in [0.15, 0.2) is 0 Å². The van der Waals surface area contributed by atoms with Crippen molar-refractivity contribution in [1.29, 1.82) is 0 Å². The second-order valence-corrected chi connectivity index (χ2v) is 6.68. The number of nitrogens with one attached hydrogen (secondary N) is 1. The first-order chi connectivity index (χ1) is 6.38. The van der Waals surface area contributed by atoms with Gasteiger partial charge in [0.05, 0.1) is 10.7 Å². The lowest BCUT2D eigenvalue weighted by Gasteiger charge is -2.09. The van der Waals surface area contributed by atoms with Gasteiger partial charge in [0, 0.05) is 4.88 Å². The summed E-state index contributed by atoms with van der Waals surface area (Å²) in [4.78, 5) is 5.19. The summed E-state index contributed by atoms with van der Waals surface area (Å²) >= 11 is 1.52. The Balaban J connectivity index is 3.13. The highest BCUT2D eigenvalue weighted by Crippen LogP contribution is 2.26. The SMILES string of the molecule is CNS(=O)(=O)C(C)c1nc(C)sc1C. The maximum Gasteiger partial charge on any atom is 0.219 e. The molecule has 0 aliphatic carbocycles. The van der Waals surface area contributed by atoms with Gasteiger partial charge in [0.15, 0.2) is 0 Å². The molecule has 0 radical (unpaired) electrons. The van der Waals surface area contributed by atoms with E-state index in [0.717, 1.165) is 9.88 Å². The lowest BCUT2D eigenvalue weighted by atomic mass is 10.3. The Morgan fingerprint density at radius 1 is 1.43 bits per heavy atom. The summed E-state index contributed by atoms with van der Waals surface area (Å²) in [7, 11) is -1.85. The van der Waals surface area contributed by atoms with Crippen LogP contribution in [0.4, 0.5) is 0 Å². The van der Waals surface area contributed by atoms with Crippen LogP contribution in [0.2, 0.25) is 0 Å². The molecule has 1 aromatic rings. The summed E-state index contributed by atoms with van der Waals surface area (Å²) < 4.78 is 25.3. The third-order valence-corrected chi connectivity index (χ3v) is 4.70. The van der Waals surface area contributed by atoms with Crippen molar-refractivity contribution in [2.24, 2.45) is 0 Å². The minimum Gasteiger partial charge on any atom is -0.245 e. The Labute approximate surface area is 88.4 Å². The van der Waals surface area contributed by atoms with Gasteiger partial charge in [0.25, 0.3) is 0 Å². The summed E-state index contributed by atoms with van der Waals surface area (Å²) in [6, 6.07) is 0. The van der Waals surface area contributed by atoms with Crippen molar-refractivity contribution < 1.29 is 8.42 Å². The Bertz CT molecular complexity index is 423. The average Bonchev–Trinajstić information content (AvgIpc) is 2.44.